The lowest BCUT2D eigenvalue weighted by molar-refractivity contribution is -0.132. The van der Waals surface area contributed by atoms with E-state index in [0.29, 0.717) is 0 Å². The minimum Gasteiger partial charge on any atom is -0.347 e. The van der Waals surface area contributed by atoms with Gasteiger partial charge < -0.3 is 4.57 Å². The van der Waals surface area contributed by atoms with Crippen LogP contribution in [0.1, 0.15) is 12.5 Å². The highest BCUT2D eigenvalue weighted by atomic mass is 32.1. The van der Waals surface area contributed by atoms with Gasteiger partial charge in [0.25, 0.3) is 11.8 Å². The van der Waals surface area contributed by atoms with Gasteiger partial charge in [0.2, 0.25) is 0 Å². The lowest BCUT2D eigenvalue weighted by atomic mass is 10.1. The summed E-state index contributed by atoms with van der Waals surface area (Å²) in [5, 5.41) is 1.23. The zero-order valence-corrected chi connectivity index (χ0v) is 14.1. The van der Waals surface area contributed by atoms with Crippen LogP contribution in [-0.4, -0.2) is 45.4 Å². The summed E-state index contributed by atoms with van der Waals surface area (Å²) in [6, 6.07) is 7.94. The molecule has 118 valence electrons. The summed E-state index contributed by atoms with van der Waals surface area (Å²) >= 11 is 5.10. The van der Waals surface area contributed by atoms with Gasteiger partial charge >= 0.3 is 0 Å². The normalized spacial score (nSPS) is 15.8. The average Bonchev–Trinajstić information content (AvgIpc) is 2.93. The molecule has 1 saturated heterocycles. The van der Waals surface area contributed by atoms with Gasteiger partial charge in [0, 0.05) is 43.3 Å². The molecule has 0 spiro atoms. The predicted octanol–water partition coefficient (Wildman–Crippen LogP) is 2.26. The third-order valence-electron chi connectivity index (χ3n) is 4.10. The third-order valence-corrected chi connectivity index (χ3v) is 4.65. The summed E-state index contributed by atoms with van der Waals surface area (Å²) in [6.45, 7) is 2.87. The molecule has 2 amide bonds. The van der Waals surface area contributed by atoms with Crippen LogP contribution in [0.3, 0.4) is 0 Å². The maximum Gasteiger partial charge on any atom is 0.265 e. The Labute approximate surface area is 139 Å². The van der Waals surface area contributed by atoms with Crippen molar-refractivity contribution < 1.29 is 9.59 Å². The molecule has 0 saturated carbocycles. The number of thiocarbonyl (C=S) groups is 1. The Morgan fingerprint density at radius 2 is 1.70 bits per heavy atom. The number of hydrogen-bond donors (Lipinski definition) is 0. The Hall–Kier alpha value is -2.47. The number of nitrogens with zero attached hydrogens (tertiary/aromatic N) is 3. The number of carbonyl (C=O) groups is 2. The number of aryl methyl sites for hydroxylation is 1. The Bertz CT molecular complexity index is 840. The summed E-state index contributed by atoms with van der Waals surface area (Å²) < 4.78 is 2.09. The zero-order valence-electron chi connectivity index (χ0n) is 13.2. The topological polar surface area (TPSA) is 45.6 Å². The molecule has 2 aromatic rings. The maximum absolute atomic E-state index is 12.4. The predicted molar refractivity (Wildman–Crippen MR) is 93.7 cm³/mol. The largest absolute Gasteiger partial charge is 0.347 e. The first-order valence-electron chi connectivity index (χ1n) is 7.35. The number of hydrogen-bond acceptors (Lipinski definition) is 3. The third kappa shape index (κ3) is 2.35. The van der Waals surface area contributed by atoms with E-state index in [2.05, 4.69) is 11.5 Å². The highest BCUT2D eigenvalue weighted by molar-refractivity contribution is 7.80. The van der Waals surface area contributed by atoms with E-state index in [1.807, 2.05) is 30.5 Å². The molecule has 5 nitrogen and oxygen atoms in total. The second-order valence-electron chi connectivity index (χ2n) is 5.46. The van der Waals surface area contributed by atoms with Crippen LogP contribution in [0, 0.1) is 0 Å². The molecule has 2 heterocycles. The van der Waals surface area contributed by atoms with E-state index in [4.69, 9.17) is 12.2 Å². The Morgan fingerprint density at radius 3 is 2.30 bits per heavy atom. The molecule has 0 unspecified atom stereocenters. The van der Waals surface area contributed by atoms with Crippen molar-refractivity contribution in [2.75, 3.05) is 14.1 Å². The first kappa shape index (κ1) is 15.4. The molecule has 0 bridgehead atoms. The number of fused-ring (bicyclic) bond motifs is 1. The minimum atomic E-state index is -0.369. The van der Waals surface area contributed by atoms with Crippen molar-refractivity contribution in [1.82, 2.24) is 14.4 Å². The molecular weight excluding hydrogens is 310 g/mol. The molecule has 23 heavy (non-hydrogen) atoms. The van der Waals surface area contributed by atoms with Gasteiger partial charge in [-0.1, -0.05) is 18.2 Å². The molecule has 0 radical (unpaired) electrons. The monoisotopic (exact) mass is 327 g/mol. The van der Waals surface area contributed by atoms with Crippen LogP contribution in [0.2, 0.25) is 0 Å². The van der Waals surface area contributed by atoms with Crippen molar-refractivity contribution in [3.8, 4) is 0 Å². The van der Waals surface area contributed by atoms with Crippen LogP contribution < -0.4 is 0 Å². The highest BCUT2D eigenvalue weighted by Gasteiger charge is 2.35. The number of amides is 2. The number of para-hydroxylation sites is 1. The fourth-order valence-corrected chi connectivity index (χ4v) is 2.95. The van der Waals surface area contributed by atoms with Gasteiger partial charge in [-0.25, -0.2) is 0 Å². The van der Waals surface area contributed by atoms with Gasteiger partial charge in [-0.2, -0.15) is 0 Å². The van der Waals surface area contributed by atoms with Crippen LogP contribution in [-0.2, 0) is 16.1 Å². The minimum absolute atomic E-state index is 0.127. The fourth-order valence-electron chi connectivity index (χ4n) is 2.78. The molecule has 1 fully saturated rings. The van der Waals surface area contributed by atoms with Crippen LogP contribution in [0.25, 0.3) is 17.0 Å². The van der Waals surface area contributed by atoms with Gasteiger partial charge in [-0.05, 0) is 31.3 Å². The van der Waals surface area contributed by atoms with Crippen molar-refractivity contribution in [2.45, 2.75) is 13.5 Å². The van der Waals surface area contributed by atoms with Crippen molar-refractivity contribution in [3.63, 3.8) is 0 Å². The Kier molecular flexibility index (Phi) is 3.77. The highest BCUT2D eigenvalue weighted by Crippen LogP contribution is 2.25. The van der Waals surface area contributed by atoms with E-state index in [1.54, 1.807) is 20.2 Å². The van der Waals surface area contributed by atoms with E-state index < -0.39 is 0 Å². The van der Waals surface area contributed by atoms with Gasteiger partial charge in [0.05, 0.1) is 0 Å². The van der Waals surface area contributed by atoms with Gasteiger partial charge in [-0.3, -0.25) is 19.4 Å². The van der Waals surface area contributed by atoms with E-state index >= 15 is 0 Å². The van der Waals surface area contributed by atoms with Crippen molar-refractivity contribution in [3.05, 3.63) is 41.6 Å². The van der Waals surface area contributed by atoms with Gasteiger partial charge in [0.15, 0.2) is 5.11 Å². The number of rotatable bonds is 2. The Morgan fingerprint density at radius 1 is 1.09 bits per heavy atom. The first-order chi connectivity index (χ1) is 11.0. The second-order valence-corrected chi connectivity index (χ2v) is 5.82. The molecule has 1 aromatic carbocycles. The van der Waals surface area contributed by atoms with Crippen LogP contribution in [0.15, 0.2) is 36.0 Å². The van der Waals surface area contributed by atoms with Crippen LogP contribution in [0.5, 0.6) is 0 Å². The van der Waals surface area contributed by atoms with Gasteiger partial charge in [-0.15, -0.1) is 0 Å². The molecular formula is C17H17N3O2S. The maximum atomic E-state index is 12.4. The summed E-state index contributed by atoms with van der Waals surface area (Å²) in [4.78, 5) is 27.5. The quantitative estimate of drug-likeness (QED) is 0.483. The van der Waals surface area contributed by atoms with Crippen LogP contribution in [0.4, 0.5) is 0 Å². The average molecular weight is 327 g/mol. The lowest BCUT2D eigenvalue weighted by Crippen LogP contribution is -2.52. The number of benzene rings is 1. The van der Waals surface area contributed by atoms with Gasteiger partial charge in [0.1, 0.15) is 5.57 Å². The lowest BCUT2D eigenvalue weighted by Gasteiger charge is -2.31. The van der Waals surface area contributed by atoms with Crippen molar-refractivity contribution >= 4 is 46.1 Å². The van der Waals surface area contributed by atoms with E-state index in [1.165, 1.54) is 9.80 Å². The number of aromatic nitrogens is 1. The first-order valence-corrected chi connectivity index (χ1v) is 7.76. The molecule has 0 aliphatic carbocycles. The standard InChI is InChI=1S/C17H17N3O2S/c1-4-20-10-11(12-7-5-6-8-14(12)20)9-13-15(21)18(2)17(23)19(3)16(13)22/h5-10H,4H2,1-3H3. The molecule has 1 aliphatic rings. The summed E-state index contributed by atoms with van der Waals surface area (Å²) in [6.07, 6.45) is 3.62. The summed E-state index contributed by atoms with van der Waals surface area (Å²) in [5.74, 6) is -0.738. The SMILES string of the molecule is CCn1cc(C=C2C(=O)N(C)C(=S)N(C)C2=O)c2ccccc21. The Balaban J connectivity index is 2.16. The smallest absolute Gasteiger partial charge is 0.265 e. The van der Waals surface area contributed by atoms with E-state index in [9.17, 15) is 9.59 Å². The molecule has 0 N–H and O–H groups in total. The molecule has 0 atom stereocenters. The zero-order chi connectivity index (χ0) is 16.7. The van der Waals surface area contributed by atoms with Crippen molar-refractivity contribution in [1.29, 1.82) is 0 Å². The number of likely N-dealkylation sites (N-methyl/N-ethyl adjacent to an activating group) is 2. The summed E-state index contributed by atoms with van der Waals surface area (Å²) in [5.41, 5.74) is 2.06. The molecule has 6 heteroatoms. The molecule has 3 rings (SSSR count). The van der Waals surface area contributed by atoms with E-state index in [0.717, 1.165) is 23.0 Å². The van der Waals surface area contributed by atoms with Crippen LogP contribution >= 0.6 is 12.2 Å². The van der Waals surface area contributed by atoms with Crippen molar-refractivity contribution in [2.24, 2.45) is 0 Å². The van der Waals surface area contributed by atoms with E-state index in [-0.39, 0.29) is 22.5 Å². The fraction of sp³-hybridized carbons (Fsp3) is 0.235. The summed E-state index contributed by atoms with van der Waals surface area (Å²) in [7, 11) is 3.16. The number of carbonyl (C=O) groups excluding carboxylic acids is 2. The second kappa shape index (κ2) is 5.62. The molecule has 1 aliphatic heterocycles. The molecule has 1 aromatic heterocycles.